The minimum absolute atomic E-state index is 0.189. The Morgan fingerprint density at radius 3 is 2.55 bits per heavy atom. The standard InChI is InChI=1S/C22H27ClN4O3S/c1-14(28)24-10-7-18(26-22(30)19-5-6-20(23)31-19)21(29)25-17-4-3-15-8-11-27(2)12-9-16(15)13-17/h3-6,13,18H,7-12H2,1-2H3,(H,24,28)(H,25,29)(H,26,30)/t18-/m1/s1. The Hall–Kier alpha value is -2.42. The number of hydrogen-bond acceptors (Lipinski definition) is 5. The van der Waals surface area contributed by atoms with E-state index in [0.717, 1.165) is 37.3 Å². The number of benzene rings is 1. The molecule has 0 unspecified atom stereocenters. The second-order valence-electron chi connectivity index (χ2n) is 7.68. The second-order valence-corrected chi connectivity index (χ2v) is 9.39. The number of anilines is 1. The number of hydrogen-bond donors (Lipinski definition) is 3. The molecule has 7 nitrogen and oxygen atoms in total. The third-order valence-electron chi connectivity index (χ3n) is 5.23. The highest BCUT2D eigenvalue weighted by molar-refractivity contribution is 7.18. The average molecular weight is 463 g/mol. The number of amides is 3. The van der Waals surface area contributed by atoms with Crippen molar-refractivity contribution in [3.05, 3.63) is 50.7 Å². The quantitative estimate of drug-likeness (QED) is 0.590. The van der Waals surface area contributed by atoms with Crippen molar-refractivity contribution < 1.29 is 14.4 Å². The summed E-state index contributed by atoms with van der Waals surface area (Å²) >= 11 is 7.06. The molecular weight excluding hydrogens is 436 g/mol. The molecule has 0 aliphatic carbocycles. The molecule has 1 aliphatic heterocycles. The summed E-state index contributed by atoms with van der Waals surface area (Å²) in [5, 5.41) is 8.35. The highest BCUT2D eigenvalue weighted by Crippen LogP contribution is 2.22. The molecule has 0 fully saturated rings. The Labute approximate surface area is 191 Å². The second kappa shape index (κ2) is 10.7. The zero-order valence-electron chi connectivity index (χ0n) is 17.7. The minimum atomic E-state index is -0.801. The van der Waals surface area contributed by atoms with Gasteiger partial charge >= 0.3 is 0 Å². The van der Waals surface area contributed by atoms with Crippen LogP contribution in [-0.2, 0) is 22.4 Å². The van der Waals surface area contributed by atoms with Gasteiger partial charge in [0, 0.05) is 32.2 Å². The fourth-order valence-corrected chi connectivity index (χ4v) is 4.42. The molecule has 31 heavy (non-hydrogen) atoms. The Kier molecular flexibility index (Phi) is 8.06. The van der Waals surface area contributed by atoms with Gasteiger partial charge in [-0.15, -0.1) is 11.3 Å². The molecule has 0 saturated carbocycles. The van der Waals surface area contributed by atoms with E-state index in [1.165, 1.54) is 18.1 Å². The monoisotopic (exact) mass is 462 g/mol. The number of nitrogens with zero attached hydrogens (tertiary/aromatic N) is 1. The lowest BCUT2D eigenvalue weighted by Crippen LogP contribution is -2.45. The van der Waals surface area contributed by atoms with Crippen molar-refractivity contribution in [1.82, 2.24) is 15.5 Å². The molecular formula is C22H27ClN4O3S. The van der Waals surface area contributed by atoms with E-state index in [1.807, 2.05) is 12.1 Å². The summed E-state index contributed by atoms with van der Waals surface area (Å²) in [7, 11) is 2.11. The van der Waals surface area contributed by atoms with E-state index >= 15 is 0 Å². The van der Waals surface area contributed by atoms with Crippen LogP contribution in [0.25, 0.3) is 0 Å². The Morgan fingerprint density at radius 1 is 1.13 bits per heavy atom. The van der Waals surface area contributed by atoms with Crippen LogP contribution in [0.2, 0.25) is 4.34 Å². The van der Waals surface area contributed by atoms with Crippen molar-refractivity contribution in [3.8, 4) is 0 Å². The fourth-order valence-electron chi connectivity index (χ4n) is 3.47. The van der Waals surface area contributed by atoms with Crippen LogP contribution in [0.4, 0.5) is 5.69 Å². The Morgan fingerprint density at radius 2 is 1.87 bits per heavy atom. The first-order valence-corrected chi connectivity index (χ1v) is 11.4. The number of nitrogens with one attached hydrogen (secondary N) is 3. The molecule has 3 amide bonds. The topological polar surface area (TPSA) is 90.5 Å². The molecule has 2 heterocycles. The van der Waals surface area contributed by atoms with Crippen LogP contribution in [-0.4, -0.2) is 55.3 Å². The lowest BCUT2D eigenvalue weighted by atomic mass is 10.0. The van der Waals surface area contributed by atoms with Gasteiger partial charge in [-0.25, -0.2) is 0 Å². The van der Waals surface area contributed by atoms with Gasteiger partial charge in [0.15, 0.2) is 0 Å². The van der Waals surface area contributed by atoms with Gasteiger partial charge in [-0.1, -0.05) is 17.7 Å². The Balaban J connectivity index is 1.70. The molecule has 0 radical (unpaired) electrons. The van der Waals surface area contributed by atoms with Crippen LogP contribution in [0.5, 0.6) is 0 Å². The summed E-state index contributed by atoms with van der Waals surface area (Å²) in [6, 6.07) is 8.43. The molecule has 0 spiro atoms. The SMILES string of the molecule is CC(=O)NCC[C@@H](NC(=O)c1ccc(Cl)s1)C(=O)Nc1ccc2c(c1)CCN(C)CC2. The van der Waals surface area contributed by atoms with Gasteiger partial charge in [0.05, 0.1) is 9.21 Å². The van der Waals surface area contributed by atoms with Gasteiger partial charge in [-0.05, 0) is 61.7 Å². The predicted molar refractivity (Wildman–Crippen MR) is 124 cm³/mol. The molecule has 3 N–H and O–H groups in total. The number of likely N-dealkylation sites (N-methyl/N-ethyl adjacent to an activating group) is 1. The predicted octanol–water partition coefficient (Wildman–Crippen LogP) is 2.70. The average Bonchev–Trinajstić information content (AvgIpc) is 3.08. The maximum absolute atomic E-state index is 13.0. The van der Waals surface area contributed by atoms with E-state index in [-0.39, 0.29) is 30.7 Å². The highest BCUT2D eigenvalue weighted by atomic mass is 35.5. The van der Waals surface area contributed by atoms with Gasteiger partial charge in [0.1, 0.15) is 6.04 Å². The molecule has 1 aliphatic rings. The fraction of sp³-hybridized carbons (Fsp3) is 0.409. The number of fused-ring (bicyclic) bond motifs is 1. The molecule has 9 heteroatoms. The molecule has 2 aromatic rings. The highest BCUT2D eigenvalue weighted by Gasteiger charge is 2.23. The van der Waals surface area contributed by atoms with Crippen LogP contribution in [0.3, 0.4) is 0 Å². The van der Waals surface area contributed by atoms with E-state index in [4.69, 9.17) is 11.6 Å². The van der Waals surface area contributed by atoms with Gasteiger partial charge in [0.2, 0.25) is 11.8 Å². The maximum atomic E-state index is 13.0. The molecule has 3 rings (SSSR count). The molecule has 0 bridgehead atoms. The lowest BCUT2D eigenvalue weighted by Gasteiger charge is -2.19. The molecule has 1 atom stereocenters. The lowest BCUT2D eigenvalue weighted by molar-refractivity contribution is -0.120. The van der Waals surface area contributed by atoms with Crippen molar-refractivity contribution in [1.29, 1.82) is 0 Å². The minimum Gasteiger partial charge on any atom is -0.356 e. The first-order chi connectivity index (χ1) is 14.8. The van der Waals surface area contributed by atoms with Gasteiger partial charge in [-0.2, -0.15) is 0 Å². The Bertz CT molecular complexity index is 962. The van der Waals surface area contributed by atoms with Crippen molar-refractivity contribution >= 4 is 46.3 Å². The molecule has 1 aromatic heterocycles. The van der Waals surface area contributed by atoms with Gasteiger partial charge in [0.25, 0.3) is 5.91 Å². The van der Waals surface area contributed by atoms with Crippen molar-refractivity contribution in [2.45, 2.75) is 32.2 Å². The normalized spacial score (nSPS) is 14.8. The van der Waals surface area contributed by atoms with Gasteiger partial charge < -0.3 is 20.9 Å². The largest absolute Gasteiger partial charge is 0.356 e. The summed E-state index contributed by atoms with van der Waals surface area (Å²) in [5.41, 5.74) is 3.23. The summed E-state index contributed by atoms with van der Waals surface area (Å²) in [6.07, 6.45) is 2.18. The van der Waals surface area contributed by atoms with E-state index in [2.05, 4.69) is 34.0 Å². The van der Waals surface area contributed by atoms with E-state index in [1.54, 1.807) is 12.1 Å². The number of halogens is 1. The molecule has 0 saturated heterocycles. The molecule has 1 aromatic carbocycles. The third-order valence-corrected chi connectivity index (χ3v) is 6.46. The first-order valence-electron chi connectivity index (χ1n) is 10.2. The van der Waals surface area contributed by atoms with Crippen LogP contribution in [0.1, 0.15) is 34.1 Å². The van der Waals surface area contributed by atoms with Crippen LogP contribution < -0.4 is 16.0 Å². The van der Waals surface area contributed by atoms with E-state index in [0.29, 0.717) is 14.9 Å². The summed E-state index contributed by atoms with van der Waals surface area (Å²) in [6.45, 7) is 3.68. The number of rotatable bonds is 7. The number of carbonyl (C=O) groups excluding carboxylic acids is 3. The molecule has 166 valence electrons. The number of thiophene rings is 1. The first kappa shape index (κ1) is 23.2. The van der Waals surface area contributed by atoms with E-state index in [9.17, 15) is 14.4 Å². The number of carbonyl (C=O) groups is 3. The summed E-state index contributed by atoms with van der Waals surface area (Å²) < 4.78 is 0.500. The van der Waals surface area contributed by atoms with Crippen LogP contribution >= 0.6 is 22.9 Å². The van der Waals surface area contributed by atoms with Crippen molar-refractivity contribution in [3.63, 3.8) is 0 Å². The zero-order valence-corrected chi connectivity index (χ0v) is 19.2. The van der Waals surface area contributed by atoms with Crippen LogP contribution in [0, 0.1) is 0 Å². The van der Waals surface area contributed by atoms with Crippen molar-refractivity contribution in [2.24, 2.45) is 0 Å². The third kappa shape index (κ3) is 6.78. The summed E-state index contributed by atoms with van der Waals surface area (Å²) in [4.78, 5) is 39.5. The van der Waals surface area contributed by atoms with E-state index < -0.39 is 6.04 Å². The smallest absolute Gasteiger partial charge is 0.262 e. The zero-order chi connectivity index (χ0) is 22.4. The van der Waals surface area contributed by atoms with Crippen LogP contribution in [0.15, 0.2) is 30.3 Å². The summed E-state index contributed by atoms with van der Waals surface area (Å²) in [5.74, 6) is -0.886. The maximum Gasteiger partial charge on any atom is 0.262 e. The van der Waals surface area contributed by atoms with Crippen molar-refractivity contribution in [2.75, 3.05) is 32.0 Å². The van der Waals surface area contributed by atoms with Gasteiger partial charge in [-0.3, -0.25) is 14.4 Å².